The first kappa shape index (κ1) is 13.7. The fourth-order valence-electron chi connectivity index (χ4n) is 2.37. The topological polar surface area (TPSA) is 28.2 Å². The monoisotopic (exact) mass is 265 g/mol. The molecule has 3 unspecified atom stereocenters. The Balaban J connectivity index is 2.32. The summed E-state index contributed by atoms with van der Waals surface area (Å²) in [5.41, 5.74) is 1.30. The Hall–Kier alpha value is -0.740. The molecule has 3 atom stereocenters. The molecule has 1 aliphatic heterocycles. The molecule has 4 heteroatoms. The van der Waals surface area contributed by atoms with E-state index in [4.69, 9.17) is 0 Å². The van der Waals surface area contributed by atoms with Crippen LogP contribution in [-0.4, -0.2) is 35.6 Å². The molecule has 0 spiro atoms. The maximum atomic E-state index is 4.63. The van der Waals surface area contributed by atoms with E-state index in [1.165, 1.54) is 11.3 Å². The molecule has 0 bridgehead atoms. The molecule has 1 fully saturated rings. The minimum absolute atomic E-state index is 0.339. The van der Waals surface area contributed by atoms with Gasteiger partial charge in [-0.05, 0) is 27.0 Å². The summed E-state index contributed by atoms with van der Waals surface area (Å²) in [6, 6.07) is 5.09. The number of nitrogens with zero attached hydrogens (tertiary/aromatic N) is 2. The number of pyridine rings is 1. The van der Waals surface area contributed by atoms with Crippen LogP contribution in [0.25, 0.3) is 0 Å². The summed E-state index contributed by atoms with van der Waals surface area (Å²) in [4.78, 5) is 7.10. The van der Waals surface area contributed by atoms with Crippen LogP contribution in [0.1, 0.15) is 32.4 Å². The Bertz CT molecular complexity index is 396. The van der Waals surface area contributed by atoms with Crippen molar-refractivity contribution in [2.75, 3.05) is 24.2 Å². The number of thioether (sulfide) groups is 1. The molecule has 1 aromatic rings. The minimum Gasteiger partial charge on any atom is -0.352 e. The number of anilines is 1. The smallest absolute Gasteiger partial charge is 0.133 e. The third kappa shape index (κ3) is 2.64. The Morgan fingerprint density at radius 3 is 3.00 bits per heavy atom. The Morgan fingerprint density at radius 1 is 1.50 bits per heavy atom. The van der Waals surface area contributed by atoms with E-state index in [2.05, 4.69) is 53.8 Å². The molecule has 100 valence electrons. The first-order valence-electron chi connectivity index (χ1n) is 6.65. The van der Waals surface area contributed by atoms with Crippen molar-refractivity contribution in [2.24, 2.45) is 0 Å². The molecule has 3 nitrogen and oxygen atoms in total. The fraction of sp³-hybridized carbons (Fsp3) is 0.643. The zero-order chi connectivity index (χ0) is 13.1. The van der Waals surface area contributed by atoms with Crippen molar-refractivity contribution in [2.45, 2.75) is 38.1 Å². The van der Waals surface area contributed by atoms with Crippen LogP contribution in [0.4, 0.5) is 5.82 Å². The van der Waals surface area contributed by atoms with Crippen molar-refractivity contribution >= 4 is 17.6 Å². The predicted octanol–water partition coefficient (Wildman–Crippen LogP) is 2.69. The average Bonchev–Trinajstić information content (AvgIpc) is 2.41. The van der Waals surface area contributed by atoms with Crippen LogP contribution in [0, 0.1) is 0 Å². The molecule has 1 N–H and O–H groups in total. The van der Waals surface area contributed by atoms with Crippen LogP contribution >= 0.6 is 11.8 Å². The van der Waals surface area contributed by atoms with E-state index in [0.717, 1.165) is 12.4 Å². The van der Waals surface area contributed by atoms with Gasteiger partial charge in [0.1, 0.15) is 5.82 Å². The number of aromatic nitrogens is 1. The van der Waals surface area contributed by atoms with Crippen molar-refractivity contribution < 1.29 is 0 Å². The number of hydrogen-bond acceptors (Lipinski definition) is 4. The molecular formula is C14H23N3S. The Morgan fingerprint density at radius 2 is 2.28 bits per heavy atom. The minimum atomic E-state index is 0.339. The lowest BCUT2D eigenvalue weighted by Gasteiger charge is -2.39. The fourth-order valence-corrected chi connectivity index (χ4v) is 3.47. The van der Waals surface area contributed by atoms with Crippen LogP contribution in [-0.2, 0) is 0 Å². The Labute approximate surface area is 114 Å². The quantitative estimate of drug-likeness (QED) is 0.909. The molecule has 2 rings (SSSR count). The van der Waals surface area contributed by atoms with Crippen molar-refractivity contribution in [3.05, 3.63) is 23.9 Å². The van der Waals surface area contributed by atoms with Crippen LogP contribution in [0.15, 0.2) is 18.3 Å². The maximum absolute atomic E-state index is 4.63. The number of hydrogen-bond donors (Lipinski definition) is 1. The highest BCUT2D eigenvalue weighted by Gasteiger charge is 2.28. The van der Waals surface area contributed by atoms with Gasteiger partial charge in [-0.1, -0.05) is 13.0 Å². The second kappa shape index (κ2) is 5.93. The van der Waals surface area contributed by atoms with Gasteiger partial charge in [-0.2, -0.15) is 11.8 Å². The third-order valence-electron chi connectivity index (χ3n) is 3.87. The molecule has 1 aromatic heterocycles. The predicted molar refractivity (Wildman–Crippen MR) is 80.4 cm³/mol. The van der Waals surface area contributed by atoms with Gasteiger partial charge in [0.2, 0.25) is 0 Å². The summed E-state index contributed by atoms with van der Waals surface area (Å²) in [6.07, 6.45) is 1.90. The molecule has 0 radical (unpaired) electrons. The highest BCUT2D eigenvalue weighted by Crippen LogP contribution is 2.31. The van der Waals surface area contributed by atoms with Crippen molar-refractivity contribution in [1.82, 2.24) is 10.3 Å². The summed E-state index contributed by atoms with van der Waals surface area (Å²) in [5.74, 6) is 2.34. The zero-order valence-electron chi connectivity index (χ0n) is 11.7. The lowest BCUT2D eigenvalue weighted by molar-refractivity contribution is 0.599. The number of rotatable bonds is 3. The lowest BCUT2D eigenvalue weighted by Crippen LogP contribution is -2.45. The van der Waals surface area contributed by atoms with Crippen molar-refractivity contribution in [3.63, 3.8) is 0 Å². The van der Waals surface area contributed by atoms with E-state index in [1.807, 2.05) is 19.3 Å². The SMILES string of the molecule is CNC(C)c1cccnc1N1CCSC(C)C1C. The zero-order valence-corrected chi connectivity index (χ0v) is 12.5. The van der Waals surface area contributed by atoms with Crippen LogP contribution in [0.2, 0.25) is 0 Å². The van der Waals surface area contributed by atoms with E-state index in [-0.39, 0.29) is 0 Å². The van der Waals surface area contributed by atoms with E-state index in [1.54, 1.807) is 0 Å². The molecule has 1 aliphatic rings. The normalized spacial score (nSPS) is 26.1. The standard InChI is InChI=1S/C14H23N3S/c1-10(15-4)13-6-5-7-16-14(13)17-8-9-18-12(3)11(17)2/h5-7,10-12,15H,8-9H2,1-4H3. The van der Waals surface area contributed by atoms with Crippen LogP contribution in [0.3, 0.4) is 0 Å². The molecule has 0 amide bonds. The summed E-state index contributed by atoms with van der Waals surface area (Å²) in [5, 5.41) is 3.98. The van der Waals surface area contributed by atoms with Crippen LogP contribution in [0.5, 0.6) is 0 Å². The van der Waals surface area contributed by atoms with Crippen molar-refractivity contribution in [3.8, 4) is 0 Å². The van der Waals surface area contributed by atoms with Crippen LogP contribution < -0.4 is 10.2 Å². The molecule has 0 aromatic carbocycles. The molecule has 18 heavy (non-hydrogen) atoms. The largest absolute Gasteiger partial charge is 0.352 e. The lowest BCUT2D eigenvalue weighted by atomic mass is 10.1. The molecule has 2 heterocycles. The van der Waals surface area contributed by atoms with Gasteiger partial charge in [-0.15, -0.1) is 0 Å². The van der Waals surface area contributed by atoms with E-state index >= 15 is 0 Å². The van der Waals surface area contributed by atoms with Gasteiger partial charge in [0, 0.05) is 41.4 Å². The summed E-state index contributed by atoms with van der Waals surface area (Å²) in [6.45, 7) is 7.90. The Kier molecular flexibility index (Phi) is 4.51. The van der Waals surface area contributed by atoms with Gasteiger partial charge in [-0.25, -0.2) is 4.98 Å². The van der Waals surface area contributed by atoms with Gasteiger partial charge in [0.05, 0.1) is 0 Å². The van der Waals surface area contributed by atoms with Crippen molar-refractivity contribution in [1.29, 1.82) is 0 Å². The van der Waals surface area contributed by atoms with Gasteiger partial charge in [0.15, 0.2) is 0 Å². The third-order valence-corrected chi connectivity index (χ3v) is 5.21. The van der Waals surface area contributed by atoms with E-state index < -0.39 is 0 Å². The highest BCUT2D eigenvalue weighted by molar-refractivity contribution is 8.00. The molecular weight excluding hydrogens is 242 g/mol. The van der Waals surface area contributed by atoms with Gasteiger partial charge in [0.25, 0.3) is 0 Å². The van der Waals surface area contributed by atoms with Gasteiger partial charge < -0.3 is 10.2 Å². The first-order chi connectivity index (χ1) is 8.65. The summed E-state index contributed by atoms with van der Waals surface area (Å²) in [7, 11) is 2.00. The molecule has 1 saturated heterocycles. The maximum Gasteiger partial charge on any atom is 0.133 e. The van der Waals surface area contributed by atoms with E-state index in [0.29, 0.717) is 17.3 Å². The second-order valence-electron chi connectivity index (χ2n) is 4.94. The van der Waals surface area contributed by atoms with E-state index in [9.17, 15) is 0 Å². The average molecular weight is 265 g/mol. The first-order valence-corrected chi connectivity index (χ1v) is 7.70. The highest BCUT2D eigenvalue weighted by atomic mass is 32.2. The van der Waals surface area contributed by atoms with Gasteiger partial charge in [-0.3, -0.25) is 0 Å². The summed E-state index contributed by atoms with van der Waals surface area (Å²) < 4.78 is 0. The molecule has 0 saturated carbocycles. The number of nitrogens with one attached hydrogen (secondary N) is 1. The van der Waals surface area contributed by atoms with Gasteiger partial charge >= 0.3 is 0 Å². The summed E-state index contributed by atoms with van der Waals surface area (Å²) >= 11 is 2.06. The molecule has 0 aliphatic carbocycles. The second-order valence-corrected chi connectivity index (χ2v) is 6.42.